The Balaban J connectivity index is 2.19. The summed E-state index contributed by atoms with van der Waals surface area (Å²) >= 11 is 0.146. The van der Waals surface area contributed by atoms with Crippen LogP contribution in [0.5, 0.6) is 5.75 Å². The van der Waals surface area contributed by atoms with Crippen LogP contribution in [0.1, 0.15) is 12.6 Å². The summed E-state index contributed by atoms with van der Waals surface area (Å²) in [6.07, 6.45) is 0. The average Bonchev–Trinajstić information content (AvgIpc) is 2.94. The van der Waals surface area contributed by atoms with Gasteiger partial charge in [0, 0.05) is 0 Å². The van der Waals surface area contributed by atoms with Crippen LogP contribution in [0.4, 0.5) is 4.79 Å². The van der Waals surface area contributed by atoms with Gasteiger partial charge in [0.05, 0.1) is 0 Å². The van der Waals surface area contributed by atoms with E-state index < -0.39 is 6.03 Å². The second-order valence-corrected chi connectivity index (χ2v) is 5.74. The third-order valence-corrected chi connectivity index (χ3v) is 4.42. The van der Waals surface area contributed by atoms with Crippen molar-refractivity contribution >= 4 is 26.2 Å². The molecule has 0 fully saturated rings. The van der Waals surface area contributed by atoms with Gasteiger partial charge in [0.1, 0.15) is 0 Å². The van der Waals surface area contributed by atoms with Gasteiger partial charge in [-0.05, 0) is 0 Å². The van der Waals surface area contributed by atoms with E-state index in [4.69, 9.17) is 10.5 Å². The molecule has 0 spiro atoms. The molecule has 1 aromatic heterocycles. The molecule has 1 aromatic carbocycles. The average molecular weight is 337 g/mol. The number of nitrogens with one attached hydrogen (secondary N) is 1. The molecule has 104 valence electrons. The number of hydrogen-bond acceptors (Lipinski definition) is 4. The zero-order chi connectivity index (χ0) is 14.5. The fraction of sp³-hybridized carbons (Fsp3) is 0.154. The van der Waals surface area contributed by atoms with Crippen molar-refractivity contribution in [2.45, 2.75) is 6.92 Å². The number of nitrogens with zero attached hydrogens (tertiary/aromatic N) is 2. The maximum absolute atomic E-state index is 10.6. The number of ether oxygens (including phenoxy) is 1. The molecule has 7 heteroatoms. The second kappa shape index (κ2) is 6.36. The summed E-state index contributed by atoms with van der Waals surface area (Å²) in [6, 6.07) is 7.07. The number of benzene rings is 1. The Labute approximate surface area is 122 Å². The van der Waals surface area contributed by atoms with E-state index in [0.29, 0.717) is 5.71 Å². The van der Waals surface area contributed by atoms with Gasteiger partial charge in [0.25, 0.3) is 0 Å². The Morgan fingerprint density at radius 2 is 2.10 bits per heavy atom. The molecule has 0 radical (unpaired) electrons. The van der Waals surface area contributed by atoms with E-state index in [0.717, 1.165) is 21.6 Å². The van der Waals surface area contributed by atoms with Gasteiger partial charge >= 0.3 is 122 Å². The first kappa shape index (κ1) is 14.3. The van der Waals surface area contributed by atoms with Crippen LogP contribution < -0.4 is 15.9 Å². The molecule has 3 N–H and O–H groups in total. The normalized spacial score (nSPS) is 11.2. The molecular formula is C13H14N4O2Se. The molecule has 6 nitrogen and oxygen atoms in total. The van der Waals surface area contributed by atoms with Crippen LogP contribution in [0.25, 0.3) is 10.1 Å². The van der Waals surface area contributed by atoms with Gasteiger partial charge in [0.15, 0.2) is 0 Å². The number of amides is 2. The molecule has 0 aliphatic rings. The number of urea groups is 1. The van der Waals surface area contributed by atoms with Crippen molar-refractivity contribution in [3.8, 4) is 15.9 Å². The van der Waals surface area contributed by atoms with Crippen molar-refractivity contribution in [1.82, 2.24) is 10.4 Å². The summed E-state index contributed by atoms with van der Waals surface area (Å²) in [5.41, 5.74) is 9.63. The quantitative estimate of drug-likeness (QED) is 0.499. The standard InChI is InChI=1S/C13H14N4O2Se/c1-8(16-17-13(14)18)11-7-20-12(15-11)9-3-5-10(19-2)6-4-9/h3-7H,1-2H3,(H3,14,17,18)/b16-8+. The van der Waals surface area contributed by atoms with Crippen LogP contribution in [-0.2, 0) is 0 Å². The molecule has 0 bridgehead atoms. The van der Waals surface area contributed by atoms with Crippen molar-refractivity contribution in [2.24, 2.45) is 10.8 Å². The first-order chi connectivity index (χ1) is 9.60. The van der Waals surface area contributed by atoms with Crippen LogP contribution in [0, 0.1) is 0 Å². The van der Waals surface area contributed by atoms with Crippen molar-refractivity contribution in [1.29, 1.82) is 0 Å². The minimum absolute atomic E-state index is 0.146. The fourth-order valence-corrected chi connectivity index (χ4v) is 3.33. The molecule has 0 saturated heterocycles. The fourth-order valence-electron chi connectivity index (χ4n) is 1.50. The van der Waals surface area contributed by atoms with Crippen molar-refractivity contribution in [3.63, 3.8) is 0 Å². The van der Waals surface area contributed by atoms with Crippen LogP contribution in [-0.4, -0.2) is 38.3 Å². The number of aromatic nitrogens is 1. The first-order valence-corrected chi connectivity index (χ1v) is 7.65. The summed E-state index contributed by atoms with van der Waals surface area (Å²) in [6.45, 7) is 1.78. The van der Waals surface area contributed by atoms with Gasteiger partial charge < -0.3 is 0 Å². The van der Waals surface area contributed by atoms with Gasteiger partial charge in [-0.15, -0.1) is 0 Å². The minimum atomic E-state index is -0.687. The molecule has 0 aliphatic heterocycles. The van der Waals surface area contributed by atoms with E-state index >= 15 is 0 Å². The van der Waals surface area contributed by atoms with E-state index in [1.165, 1.54) is 0 Å². The monoisotopic (exact) mass is 338 g/mol. The Hall–Kier alpha value is -2.11. The SMILES string of the molecule is COc1ccc(-c2nc(/C(C)=N/NC(N)=O)c[se]2)cc1. The molecule has 2 amide bonds. The van der Waals surface area contributed by atoms with Gasteiger partial charge in [-0.2, -0.15) is 0 Å². The molecule has 0 saturated carbocycles. The zero-order valence-electron chi connectivity index (χ0n) is 11.1. The molecule has 1 heterocycles. The van der Waals surface area contributed by atoms with E-state index in [2.05, 4.69) is 15.5 Å². The summed E-state index contributed by atoms with van der Waals surface area (Å²) in [4.78, 5) is 17.2. The maximum atomic E-state index is 10.6. The summed E-state index contributed by atoms with van der Waals surface area (Å²) in [7, 11) is 1.64. The molecule has 0 aliphatic carbocycles. The summed E-state index contributed by atoms with van der Waals surface area (Å²) in [5.74, 6) is 0.816. The number of hydrogen-bond donors (Lipinski definition) is 2. The Morgan fingerprint density at radius 1 is 1.40 bits per heavy atom. The van der Waals surface area contributed by atoms with E-state index in [1.54, 1.807) is 14.0 Å². The van der Waals surface area contributed by atoms with Crippen LogP contribution in [0.3, 0.4) is 0 Å². The number of methoxy groups -OCH3 is 1. The number of nitrogens with two attached hydrogens (primary N) is 1. The summed E-state index contributed by atoms with van der Waals surface area (Å²) in [5, 5.41) is 3.87. The van der Waals surface area contributed by atoms with Crippen LogP contribution >= 0.6 is 0 Å². The van der Waals surface area contributed by atoms with Crippen molar-refractivity contribution in [3.05, 3.63) is 34.9 Å². The van der Waals surface area contributed by atoms with Gasteiger partial charge in [0.2, 0.25) is 0 Å². The Morgan fingerprint density at radius 3 is 2.70 bits per heavy atom. The second-order valence-electron chi connectivity index (χ2n) is 3.94. The number of hydrazone groups is 1. The Bertz CT molecular complexity index is 634. The third-order valence-electron chi connectivity index (χ3n) is 2.55. The van der Waals surface area contributed by atoms with Gasteiger partial charge in [-0.1, -0.05) is 0 Å². The van der Waals surface area contributed by atoms with E-state index in [1.807, 2.05) is 29.2 Å². The van der Waals surface area contributed by atoms with E-state index in [9.17, 15) is 4.79 Å². The van der Waals surface area contributed by atoms with Gasteiger partial charge in [-0.25, -0.2) is 0 Å². The molecule has 0 unspecified atom stereocenters. The van der Waals surface area contributed by atoms with Crippen LogP contribution in [0.15, 0.2) is 34.3 Å². The Kier molecular flexibility index (Phi) is 4.55. The number of carbonyl (C=O) groups is 1. The predicted octanol–water partition coefficient (Wildman–Crippen LogP) is 1.21. The molecular weight excluding hydrogens is 323 g/mol. The van der Waals surface area contributed by atoms with Crippen molar-refractivity contribution < 1.29 is 9.53 Å². The topological polar surface area (TPSA) is 89.6 Å². The summed E-state index contributed by atoms with van der Waals surface area (Å²) < 4.78 is 6.14. The molecule has 20 heavy (non-hydrogen) atoms. The molecule has 0 atom stereocenters. The van der Waals surface area contributed by atoms with E-state index in [-0.39, 0.29) is 14.5 Å². The molecule has 2 rings (SSSR count). The first-order valence-electron chi connectivity index (χ1n) is 5.80. The van der Waals surface area contributed by atoms with Crippen LogP contribution in [0.2, 0.25) is 0 Å². The number of primary amides is 1. The zero-order valence-corrected chi connectivity index (χ0v) is 12.8. The van der Waals surface area contributed by atoms with Crippen molar-refractivity contribution in [2.75, 3.05) is 7.11 Å². The number of rotatable bonds is 4. The van der Waals surface area contributed by atoms with Gasteiger partial charge in [-0.3, -0.25) is 0 Å². The molecule has 2 aromatic rings. The third kappa shape index (κ3) is 3.46. The number of carbonyl (C=O) groups excluding carboxylic acids is 1. The predicted molar refractivity (Wildman–Crippen MR) is 78.1 cm³/mol.